The lowest BCUT2D eigenvalue weighted by Gasteiger charge is -2.31. The zero-order chi connectivity index (χ0) is 20.8. The molecule has 0 spiro atoms. The summed E-state index contributed by atoms with van der Waals surface area (Å²) in [6.45, 7) is 3.62. The number of halogens is 1. The number of ether oxygens (including phenoxy) is 1. The van der Waals surface area contributed by atoms with Gasteiger partial charge in [0.15, 0.2) is 0 Å². The van der Waals surface area contributed by atoms with Gasteiger partial charge in [-0.2, -0.15) is 5.26 Å². The highest BCUT2D eigenvalue weighted by molar-refractivity contribution is 7.11. The third kappa shape index (κ3) is 5.36. The Bertz CT molecular complexity index is 933. The summed E-state index contributed by atoms with van der Waals surface area (Å²) in [5.74, 6) is -0.430. The maximum Gasteiger partial charge on any atom is 0.310 e. The molecule has 1 N–H and O–H groups in total. The van der Waals surface area contributed by atoms with Crippen molar-refractivity contribution in [3.8, 4) is 17.3 Å². The van der Waals surface area contributed by atoms with E-state index in [1.54, 1.807) is 19.1 Å². The minimum atomic E-state index is -0.200. The Balaban J connectivity index is 1.74. The van der Waals surface area contributed by atoms with Gasteiger partial charge in [0.2, 0.25) is 0 Å². The number of allylic oxidation sites excluding steroid dienone is 1. The summed E-state index contributed by atoms with van der Waals surface area (Å²) >= 11 is 7.23. The van der Waals surface area contributed by atoms with Crippen LogP contribution in [0, 0.1) is 17.2 Å². The fourth-order valence-electron chi connectivity index (χ4n) is 3.32. The lowest BCUT2D eigenvalue weighted by atomic mass is 9.98. The summed E-state index contributed by atoms with van der Waals surface area (Å²) in [5, 5.41) is 23.2. The first kappa shape index (κ1) is 21.3. The van der Waals surface area contributed by atoms with Gasteiger partial charge in [-0.15, -0.1) is 11.3 Å². The van der Waals surface area contributed by atoms with Gasteiger partial charge in [0, 0.05) is 22.5 Å². The smallest absolute Gasteiger partial charge is 0.310 e. The van der Waals surface area contributed by atoms with Crippen LogP contribution in [-0.4, -0.2) is 47.2 Å². The van der Waals surface area contributed by atoms with Crippen LogP contribution in [0.15, 0.2) is 35.4 Å². The molecule has 1 saturated heterocycles. The monoisotopic (exact) mass is 431 g/mol. The van der Waals surface area contributed by atoms with Gasteiger partial charge in [-0.3, -0.25) is 9.69 Å². The number of hydrogen-bond acceptors (Lipinski definition) is 7. The Morgan fingerprint density at radius 3 is 2.90 bits per heavy atom. The van der Waals surface area contributed by atoms with Crippen LogP contribution in [0.2, 0.25) is 5.02 Å². The van der Waals surface area contributed by atoms with E-state index >= 15 is 0 Å². The summed E-state index contributed by atoms with van der Waals surface area (Å²) in [6, 6.07) is 9.36. The molecule has 2 heterocycles. The zero-order valence-corrected chi connectivity index (χ0v) is 17.7. The fourth-order valence-corrected chi connectivity index (χ4v) is 4.29. The van der Waals surface area contributed by atoms with Crippen molar-refractivity contribution < 1.29 is 14.6 Å². The molecule has 1 aliphatic rings. The van der Waals surface area contributed by atoms with Crippen LogP contribution < -0.4 is 0 Å². The highest BCUT2D eigenvalue weighted by Gasteiger charge is 2.28. The zero-order valence-electron chi connectivity index (χ0n) is 16.1. The van der Waals surface area contributed by atoms with Gasteiger partial charge in [-0.1, -0.05) is 23.7 Å². The lowest BCUT2D eigenvalue weighted by molar-refractivity contribution is -0.149. The quantitative estimate of drug-likeness (QED) is 0.410. The second-order valence-corrected chi connectivity index (χ2v) is 8.10. The van der Waals surface area contributed by atoms with Gasteiger partial charge >= 0.3 is 5.97 Å². The molecule has 1 aromatic heterocycles. The van der Waals surface area contributed by atoms with E-state index in [4.69, 9.17) is 16.3 Å². The summed E-state index contributed by atoms with van der Waals surface area (Å²) in [7, 11) is 0. The molecule has 1 fully saturated rings. The summed E-state index contributed by atoms with van der Waals surface area (Å²) < 4.78 is 5.12. The van der Waals surface area contributed by atoms with Crippen LogP contribution in [0.5, 0.6) is 0 Å². The lowest BCUT2D eigenvalue weighted by Crippen LogP contribution is -2.40. The molecule has 2 aromatic rings. The number of nitriles is 1. The number of benzene rings is 1. The number of carbonyl (C=O) groups excluding carboxylic acids is 1. The van der Waals surface area contributed by atoms with Crippen LogP contribution in [0.4, 0.5) is 0 Å². The van der Waals surface area contributed by atoms with Crippen molar-refractivity contribution in [3.05, 3.63) is 45.4 Å². The van der Waals surface area contributed by atoms with Gasteiger partial charge in [-0.25, -0.2) is 4.98 Å². The minimum Gasteiger partial charge on any atom is -0.509 e. The number of rotatable bonds is 6. The number of carbonyl (C=O) groups is 1. The van der Waals surface area contributed by atoms with Gasteiger partial charge in [-0.05, 0) is 38.4 Å². The van der Waals surface area contributed by atoms with E-state index in [-0.39, 0.29) is 29.8 Å². The predicted molar refractivity (Wildman–Crippen MR) is 114 cm³/mol. The summed E-state index contributed by atoms with van der Waals surface area (Å²) in [6.07, 6.45) is 1.62. The molecule has 152 valence electrons. The number of hydrogen-bond donors (Lipinski definition) is 1. The average Bonchev–Trinajstić information content (AvgIpc) is 3.19. The predicted octanol–water partition coefficient (Wildman–Crippen LogP) is 4.53. The maximum atomic E-state index is 12.0. The van der Waals surface area contributed by atoms with Gasteiger partial charge in [0.1, 0.15) is 22.4 Å². The van der Waals surface area contributed by atoms with Crippen LogP contribution >= 0.6 is 22.9 Å². The van der Waals surface area contributed by atoms with Crippen LogP contribution in [0.25, 0.3) is 16.8 Å². The van der Waals surface area contributed by atoms with Crippen molar-refractivity contribution in [3.63, 3.8) is 0 Å². The normalized spacial score (nSPS) is 18.0. The SMILES string of the molecule is CCOC(=O)C1CCCN(C/C(O)=C(\C#N)c2nc(-c3ccc(Cl)cc3)cs2)C1. The first-order chi connectivity index (χ1) is 14.0. The Morgan fingerprint density at radius 2 is 2.21 bits per heavy atom. The molecule has 3 rings (SSSR count). The van der Waals surface area contributed by atoms with E-state index in [2.05, 4.69) is 11.1 Å². The Labute approximate surface area is 179 Å². The molecular formula is C21H22ClN3O3S. The molecule has 29 heavy (non-hydrogen) atoms. The second-order valence-electron chi connectivity index (χ2n) is 6.80. The molecule has 8 heteroatoms. The average molecular weight is 432 g/mol. The fraction of sp³-hybridized carbons (Fsp3) is 0.381. The van der Waals surface area contributed by atoms with Crippen molar-refractivity contribution in [1.29, 1.82) is 5.26 Å². The van der Waals surface area contributed by atoms with E-state index in [0.29, 0.717) is 23.2 Å². The molecule has 1 aliphatic heterocycles. The van der Waals surface area contributed by atoms with E-state index in [1.807, 2.05) is 22.4 Å². The van der Waals surface area contributed by atoms with E-state index in [1.165, 1.54) is 11.3 Å². The van der Waals surface area contributed by atoms with Crippen molar-refractivity contribution in [1.82, 2.24) is 9.88 Å². The van der Waals surface area contributed by atoms with Crippen LogP contribution in [-0.2, 0) is 9.53 Å². The van der Waals surface area contributed by atoms with Crippen LogP contribution in [0.1, 0.15) is 24.8 Å². The van der Waals surface area contributed by atoms with Crippen molar-refractivity contribution >= 4 is 34.5 Å². The number of nitrogens with zero attached hydrogens (tertiary/aromatic N) is 3. The second kappa shape index (κ2) is 9.88. The molecule has 0 saturated carbocycles. The van der Waals surface area contributed by atoms with Crippen molar-refractivity contribution in [2.75, 3.05) is 26.2 Å². The molecule has 1 atom stereocenters. The first-order valence-electron chi connectivity index (χ1n) is 9.44. The molecule has 1 aromatic carbocycles. The largest absolute Gasteiger partial charge is 0.509 e. The van der Waals surface area contributed by atoms with E-state index in [9.17, 15) is 15.2 Å². The summed E-state index contributed by atoms with van der Waals surface area (Å²) in [5.41, 5.74) is 1.78. The maximum absolute atomic E-state index is 12.0. The Kier molecular flexibility index (Phi) is 7.26. The topological polar surface area (TPSA) is 86.5 Å². The number of aromatic nitrogens is 1. The number of esters is 1. The highest BCUT2D eigenvalue weighted by Crippen LogP contribution is 2.28. The molecule has 0 aliphatic carbocycles. The molecular weight excluding hydrogens is 410 g/mol. The highest BCUT2D eigenvalue weighted by atomic mass is 35.5. The Morgan fingerprint density at radius 1 is 1.45 bits per heavy atom. The van der Waals surface area contributed by atoms with Gasteiger partial charge < -0.3 is 9.84 Å². The number of aliphatic hydroxyl groups is 1. The van der Waals surface area contributed by atoms with Crippen molar-refractivity contribution in [2.24, 2.45) is 5.92 Å². The van der Waals surface area contributed by atoms with E-state index in [0.717, 1.165) is 30.6 Å². The standard InChI is InChI=1S/C21H22ClN3O3S/c1-2-28-21(27)15-4-3-9-25(11-15)12-19(26)17(10-23)20-24-18(13-29-20)14-5-7-16(22)8-6-14/h5-8,13,15,26H,2-4,9,11-12H2,1H3/b19-17-. The molecule has 1 unspecified atom stereocenters. The summed E-state index contributed by atoms with van der Waals surface area (Å²) in [4.78, 5) is 18.5. The Hall–Kier alpha value is -2.40. The van der Waals surface area contributed by atoms with Crippen LogP contribution in [0.3, 0.4) is 0 Å². The number of aliphatic hydroxyl groups excluding tert-OH is 1. The molecule has 0 bridgehead atoms. The molecule has 0 amide bonds. The van der Waals surface area contributed by atoms with Gasteiger partial charge in [0.25, 0.3) is 0 Å². The minimum absolute atomic E-state index is 0.0333. The third-order valence-corrected chi connectivity index (χ3v) is 5.87. The van der Waals surface area contributed by atoms with Crippen molar-refractivity contribution in [2.45, 2.75) is 19.8 Å². The van der Waals surface area contributed by atoms with E-state index < -0.39 is 0 Å². The number of piperidine rings is 1. The molecule has 0 radical (unpaired) electrons. The number of thiazole rings is 1. The number of likely N-dealkylation sites (tertiary alicyclic amines) is 1. The van der Waals surface area contributed by atoms with Gasteiger partial charge in [0.05, 0.1) is 24.8 Å². The first-order valence-corrected chi connectivity index (χ1v) is 10.7. The molecule has 6 nitrogen and oxygen atoms in total. The third-order valence-electron chi connectivity index (χ3n) is 4.76.